The minimum absolute atomic E-state index is 0.216. The van der Waals surface area contributed by atoms with Crippen LogP contribution in [-0.2, 0) is 6.61 Å². The zero-order valence-corrected chi connectivity index (χ0v) is 20.9. The third kappa shape index (κ3) is 4.43. The molecular formula is C27H22Cl2N4O2. The maximum absolute atomic E-state index is 13.5. The molecule has 0 N–H and O–H groups in total. The van der Waals surface area contributed by atoms with Crippen LogP contribution in [0, 0.1) is 20.8 Å². The molecule has 3 heterocycles. The number of ether oxygens (including phenoxy) is 1. The van der Waals surface area contributed by atoms with E-state index in [4.69, 9.17) is 32.9 Å². The topological polar surface area (TPSA) is 61.4 Å². The fraction of sp³-hybridized carbons (Fsp3) is 0.148. The summed E-state index contributed by atoms with van der Waals surface area (Å²) in [5.74, 6) is 0.539. The zero-order chi connectivity index (χ0) is 24.7. The van der Waals surface area contributed by atoms with Gasteiger partial charge in [0.1, 0.15) is 12.3 Å². The number of benzene rings is 2. The van der Waals surface area contributed by atoms with E-state index in [0.717, 1.165) is 16.9 Å². The molecule has 0 radical (unpaired) electrons. The molecule has 0 atom stereocenters. The lowest BCUT2D eigenvalue weighted by Crippen LogP contribution is -2.19. The van der Waals surface area contributed by atoms with E-state index in [0.29, 0.717) is 45.0 Å². The van der Waals surface area contributed by atoms with Crippen LogP contribution in [0.25, 0.3) is 22.6 Å². The van der Waals surface area contributed by atoms with E-state index in [2.05, 4.69) is 5.10 Å². The summed E-state index contributed by atoms with van der Waals surface area (Å²) in [6.07, 6.45) is 1.69. The smallest absolute Gasteiger partial charge is 0.267 e. The summed E-state index contributed by atoms with van der Waals surface area (Å²) in [6, 6.07) is 18.9. The van der Waals surface area contributed by atoms with Gasteiger partial charge in [0.2, 0.25) is 0 Å². The standard InChI is InChI=1S/C27H22Cl2N4O2/c1-16-6-8-19(9-7-16)15-35-24-5-4-12-32-26(24)30-18(3)25(27(32)34)23-13-17(2)33(31-23)20-10-11-21(28)22(29)14-20/h4-14H,15H2,1-3H3. The molecule has 5 aromatic rings. The fourth-order valence-electron chi connectivity index (χ4n) is 3.97. The number of aryl methyl sites for hydroxylation is 3. The van der Waals surface area contributed by atoms with Gasteiger partial charge in [-0.3, -0.25) is 9.20 Å². The Hall–Kier alpha value is -3.61. The first-order chi connectivity index (χ1) is 16.8. The quantitative estimate of drug-likeness (QED) is 0.279. The van der Waals surface area contributed by atoms with Crippen LogP contribution in [0.4, 0.5) is 0 Å². The van der Waals surface area contributed by atoms with E-state index >= 15 is 0 Å². The van der Waals surface area contributed by atoms with Crippen LogP contribution in [-0.4, -0.2) is 19.2 Å². The zero-order valence-electron chi connectivity index (χ0n) is 19.4. The predicted octanol–water partition coefficient (Wildman–Crippen LogP) is 6.36. The van der Waals surface area contributed by atoms with Crippen molar-refractivity contribution < 1.29 is 4.74 Å². The van der Waals surface area contributed by atoms with Crippen molar-refractivity contribution in [2.24, 2.45) is 0 Å². The molecule has 0 spiro atoms. The van der Waals surface area contributed by atoms with Crippen LogP contribution in [0.5, 0.6) is 5.75 Å². The number of rotatable bonds is 5. The number of halogens is 2. The van der Waals surface area contributed by atoms with Gasteiger partial charge in [-0.1, -0.05) is 53.0 Å². The predicted molar refractivity (Wildman–Crippen MR) is 139 cm³/mol. The molecule has 0 bridgehead atoms. The first-order valence-electron chi connectivity index (χ1n) is 11.0. The Kier molecular flexibility index (Phi) is 6.09. The van der Waals surface area contributed by atoms with Crippen LogP contribution in [0.3, 0.4) is 0 Å². The van der Waals surface area contributed by atoms with Crippen LogP contribution in [0.1, 0.15) is 22.5 Å². The molecule has 0 amide bonds. The number of hydrogen-bond donors (Lipinski definition) is 0. The Morgan fingerprint density at radius 3 is 2.46 bits per heavy atom. The van der Waals surface area contributed by atoms with Gasteiger partial charge in [-0.2, -0.15) is 5.10 Å². The molecule has 0 aliphatic rings. The van der Waals surface area contributed by atoms with E-state index < -0.39 is 0 Å². The number of aromatic nitrogens is 4. The molecule has 6 nitrogen and oxygen atoms in total. The normalized spacial score (nSPS) is 11.2. The molecule has 0 fully saturated rings. The number of hydrogen-bond acceptors (Lipinski definition) is 4. The minimum Gasteiger partial charge on any atom is -0.485 e. The summed E-state index contributed by atoms with van der Waals surface area (Å²) in [7, 11) is 0. The molecule has 0 aliphatic carbocycles. The molecule has 0 aliphatic heterocycles. The molecule has 0 saturated carbocycles. The van der Waals surface area contributed by atoms with Crippen molar-refractivity contribution in [3.05, 3.63) is 110 Å². The molecule has 8 heteroatoms. The van der Waals surface area contributed by atoms with Crippen molar-refractivity contribution in [2.45, 2.75) is 27.4 Å². The second kappa shape index (κ2) is 9.21. The number of nitrogens with zero attached hydrogens (tertiary/aromatic N) is 4. The fourth-order valence-corrected chi connectivity index (χ4v) is 4.26. The van der Waals surface area contributed by atoms with Crippen LogP contribution in [0.15, 0.2) is 71.7 Å². The van der Waals surface area contributed by atoms with Crippen molar-refractivity contribution in [1.82, 2.24) is 19.2 Å². The highest BCUT2D eigenvalue weighted by Gasteiger charge is 2.18. The molecular weight excluding hydrogens is 483 g/mol. The van der Waals surface area contributed by atoms with Gasteiger partial charge in [0, 0.05) is 11.9 Å². The summed E-state index contributed by atoms with van der Waals surface area (Å²) < 4.78 is 9.27. The molecule has 2 aromatic carbocycles. The van der Waals surface area contributed by atoms with Gasteiger partial charge in [-0.15, -0.1) is 0 Å². The lowest BCUT2D eigenvalue weighted by Gasteiger charge is -2.12. The van der Waals surface area contributed by atoms with Gasteiger partial charge in [0.05, 0.1) is 27.0 Å². The minimum atomic E-state index is -0.216. The molecule has 0 saturated heterocycles. The van der Waals surface area contributed by atoms with E-state index in [1.165, 1.54) is 9.96 Å². The van der Waals surface area contributed by atoms with Crippen LogP contribution >= 0.6 is 23.2 Å². The van der Waals surface area contributed by atoms with Crippen LogP contribution in [0.2, 0.25) is 10.0 Å². The van der Waals surface area contributed by atoms with E-state index in [9.17, 15) is 4.79 Å². The van der Waals surface area contributed by atoms with Crippen molar-refractivity contribution in [2.75, 3.05) is 0 Å². The van der Waals surface area contributed by atoms with Gasteiger partial charge in [0.25, 0.3) is 5.56 Å². The molecule has 35 heavy (non-hydrogen) atoms. The van der Waals surface area contributed by atoms with E-state index in [1.54, 1.807) is 36.0 Å². The van der Waals surface area contributed by atoms with E-state index in [1.807, 2.05) is 56.3 Å². The van der Waals surface area contributed by atoms with Gasteiger partial charge < -0.3 is 4.74 Å². The molecule has 3 aromatic heterocycles. The highest BCUT2D eigenvalue weighted by Crippen LogP contribution is 2.27. The largest absolute Gasteiger partial charge is 0.485 e. The highest BCUT2D eigenvalue weighted by atomic mass is 35.5. The third-order valence-electron chi connectivity index (χ3n) is 5.81. The van der Waals surface area contributed by atoms with Gasteiger partial charge in [-0.05, 0) is 62.7 Å². The monoisotopic (exact) mass is 504 g/mol. The molecule has 176 valence electrons. The number of fused-ring (bicyclic) bond motifs is 1. The van der Waals surface area contributed by atoms with Crippen LogP contribution < -0.4 is 10.3 Å². The van der Waals surface area contributed by atoms with Crippen molar-refractivity contribution in [3.8, 4) is 22.7 Å². The Bertz CT molecular complexity index is 1620. The SMILES string of the molecule is Cc1ccc(COc2cccn3c(=O)c(-c4cc(C)n(-c5ccc(Cl)c(Cl)c5)n4)c(C)nc23)cc1. The maximum atomic E-state index is 13.5. The molecule has 5 rings (SSSR count). The van der Waals surface area contributed by atoms with Crippen molar-refractivity contribution in [1.29, 1.82) is 0 Å². The van der Waals surface area contributed by atoms with Gasteiger partial charge in [0.15, 0.2) is 11.4 Å². The number of pyridine rings is 1. The average Bonchev–Trinajstić information content (AvgIpc) is 3.21. The Morgan fingerprint density at radius 2 is 1.71 bits per heavy atom. The Labute approximate surface area is 212 Å². The first-order valence-corrected chi connectivity index (χ1v) is 11.8. The Morgan fingerprint density at radius 1 is 0.943 bits per heavy atom. The second-order valence-electron chi connectivity index (χ2n) is 8.40. The first kappa shape index (κ1) is 23.1. The van der Waals surface area contributed by atoms with Crippen molar-refractivity contribution >= 4 is 28.8 Å². The summed E-state index contributed by atoms with van der Waals surface area (Å²) in [5, 5.41) is 5.58. The lowest BCUT2D eigenvalue weighted by atomic mass is 10.1. The summed E-state index contributed by atoms with van der Waals surface area (Å²) >= 11 is 12.3. The Balaban J connectivity index is 1.54. The summed E-state index contributed by atoms with van der Waals surface area (Å²) in [4.78, 5) is 18.3. The van der Waals surface area contributed by atoms with Gasteiger partial charge >= 0.3 is 0 Å². The second-order valence-corrected chi connectivity index (χ2v) is 9.21. The summed E-state index contributed by atoms with van der Waals surface area (Å²) in [6.45, 7) is 6.14. The van der Waals surface area contributed by atoms with E-state index in [-0.39, 0.29) is 5.56 Å². The third-order valence-corrected chi connectivity index (χ3v) is 6.54. The average molecular weight is 505 g/mol. The molecule has 0 unspecified atom stereocenters. The highest BCUT2D eigenvalue weighted by molar-refractivity contribution is 6.42. The summed E-state index contributed by atoms with van der Waals surface area (Å²) in [5.41, 5.74) is 5.60. The van der Waals surface area contributed by atoms with Crippen molar-refractivity contribution in [3.63, 3.8) is 0 Å². The maximum Gasteiger partial charge on any atom is 0.267 e. The van der Waals surface area contributed by atoms with Gasteiger partial charge in [-0.25, -0.2) is 9.67 Å². The lowest BCUT2D eigenvalue weighted by molar-refractivity contribution is 0.308.